The summed E-state index contributed by atoms with van der Waals surface area (Å²) in [6, 6.07) is 8.52. The van der Waals surface area contributed by atoms with Crippen LogP contribution in [-0.4, -0.2) is 22.9 Å². The van der Waals surface area contributed by atoms with E-state index in [0.29, 0.717) is 5.92 Å². The maximum atomic E-state index is 12.9. The van der Waals surface area contributed by atoms with Gasteiger partial charge in [-0.25, -0.2) is 9.07 Å². The normalized spacial score (nSPS) is 29.3. The molecule has 1 aromatic carbocycles. The molecule has 2 fully saturated rings. The molecule has 0 amide bonds. The standard InChI is InChI=1S/C14H14FN3/c15-9-1-3-10(4-2-9)18-6-5-13(17-18)14-11-7-16-8-12(11)14/h1-6,11-12,14,16H,7-8H2/t11-,12+,14+. The Labute approximate surface area is 105 Å². The van der Waals surface area contributed by atoms with E-state index in [0.717, 1.165) is 30.6 Å². The molecule has 2 heterocycles. The predicted molar refractivity (Wildman–Crippen MR) is 66.1 cm³/mol. The first kappa shape index (κ1) is 10.3. The van der Waals surface area contributed by atoms with Crippen LogP contribution in [0, 0.1) is 17.7 Å². The van der Waals surface area contributed by atoms with Crippen molar-refractivity contribution < 1.29 is 4.39 Å². The zero-order valence-electron chi connectivity index (χ0n) is 9.88. The highest BCUT2D eigenvalue weighted by atomic mass is 19.1. The number of halogens is 1. The average molecular weight is 243 g/mol. The number of fused-ring (bicyclic) bond motifs is 1. The molecule has 1 aliphatic carbocycles. The first-order valence-corrected chi connectivity index (χ1v) is 6.35. The summed E-state index contributed by atoms with van der Waals surface area (Å²) in [5.74, 6) is 1.98. The molecule has 1 saturated carbocycles. The minimum absolute atomic E-state index is 0.214. The van der Waals surface area contributed by atoms with Crippen LogP contribution in [0.4, 0.5) is 4.39 Å². The minimum Gasteiger partial charge on any atom is -0.316 e. The lowest BCUT2D eigenvalue weighted by atomic mass is 10.2. The van der Waals surface area contributed by atoms with Gasteiger partial charge in [0.05, 0.1) is 11.4 Å². The summed E-state index contributed by atoms with van der Waals surface area (Å²) >= 11 is 0. The summed E-state index contributed by atoms with van der Waals surface area (Å²) in [5, 5.41) is 8.01. The van der Waals surface area contributed by atoms with Gasteiger partial charge in [0.15, 0.2) is 0 Å². The third-order valence-corrected chi connectivity index (χ3v) is 4.13. The summed E-state index contributed by atoms with van der Waals surface area (Å²) in [4.78, 5) is 0. The summed E-state index contributed by atoms with van der Waals surface area (Å²) in [5.41, 5.74) is 2.09. The fourth-order valence-corrected chi connectivity index (χ4v) is 3.11. The van der Waals surface area contributed by atoms with Gasteiger partial charge in [0, 0.05) is 12.1 Å². The quantitative estimate of drug-likeness (QED) is 0.873. The van der Waals surface area contributed by atoms with Gasteiger partial charge in [-0.1, -0.05) is 0 Å². The molecule has 1 N–H and O–H groups in total. The summed E-state index contributed by atoms with van der Waals surface area (Å²) in [6.45, 7) is 2.25. The number of benzene rings is 1. The molecule has 0 spiro atoms. The lowest BCUT2D eigenvalue weighted by molar-refractivity contribution is 0.626. The molecular weight excluding hydrogens is 229 g/mol. The zero-order chi connectivity index (χ0) is 12.1. The molecule has 3 nitrogen and oxygen atoms in total. The van der Waals surface area contributed by atoms with Crippen LogP contribution in [0.25, 0.3) is 5.69 Å². The number of hydrogen-bond acceptors (Lipinski definition) is 2. The van der Waals surface area contributed by atoms with E-state index in [1.54, 1.807) is 12.1 Å². The number of piperidine rings is 1. The third-order valence-electron chi connectivity index (χ3n) is 4.13. The van der Waals surface area contributed by atoms with Gasteiger partial charge in [0.25, 0.3) is 0 Å². The Morgan fingerprint density at radius 3 is 2.56 bits per heavy atom. The van der Waals surface area contributed by atoms with E-state index in [1.807, 2.05) is 10.9 Å². The van der Waals surface area contributed by atoms with Crippen molar-refractivity contribution in [3.8, 4) is 5.69 Å². The van der Waals surface area contributed by atoms with Gasteiger partial charge < -0.3 is 5.32 Å². The summed E-state index contributed by atoms with van der Waals surface area (Å²) in [7, 11) is 0. The maximum Gasteiger partial charge on any atom is 0.123 e. The molecular formula is C14H14FN3. The Kier molecular flexibility index (Phi) is 2.08. The highest BCUT2D eigenvalue weighted by Crippen LogP contribution is 2.55. The molecule has 3 atom stereocenters. The third kappa shape index (κ3) is 1.49. The topological polar surface area (TPSA) is 29.9 Å². The second-order valence-electron chi connectivity index (χ2n) is 5.17. The Bertz CT molecular complexity index is 565. The number of hydrogen-bond donors (Lipinski definition) is 1. The number of rotatable bonds is 2. The summed E-state index contributed by atoms with van der Waals surface area (Å²) in [6.07, 6.45) is 1.96. The van der Waals surface area contributed by atoms with Crippen molar-refractivity contribution in [2.75, 3.05) is 13.1 Å². The molecule has 2 aliphatic rings. The Morgan fingerprint density at radius 1 is 1.11 bits per heavy atom. The number of aromatic nitrogens is 2. The predicted octanol–water partition coefficient (Wildman–Crippen LogP) is 1.94. The lowest BCUT2D eigenvalue weighted by Crippen LogP contribution is -2.14. The first-order chi connectivity index (χ1) is 8.83. The Hall–Kier alpha value is -1.68. The Morgan fingerprint density at radius 2 is 1.83 bits per heavy atom. The van der Waals surface area contributed by atoms with Gasteiger partial charge in [-0.15, -0.1) is 0 Å². The van der Waals surface area contributed by atoms with Crippen LogP contribution >= 0.6 is 0 Å². The second-order valence-corrected chi connectivity index (χ2v) is 5.17. The molecule has 18 heavy (non-hydrogen) atoms. The van der Waals surface area contributed by atoms with Crippen LogP contribution in [0.2, 0.25) is 0 Å². The number of nitrogens with zero attached hydrogens (tertiary/aromatic N) is 2. The zero-order valence-corrected chi connectivity index (χ0v) is 9.88. The fourth-order valence-electron chi connectivity index (χ4n) is 3.11. The Balaban J connectivity index is 1.60. The largest absolute Gasteiger partial charge is 0.316 e. The van der Waals surface area contributed by atoms with Gasteiger partial charge in [0.2, 0.25) is 0 Å². The molecule has 1 aliphatic heterocycles. The van der Waals surface area contributed by atoms with Crippen molar-refractivity contribution in [2.24, 2.45) is 11.8 Å². The van der Waals surface area contributed by atoms with Crippen LogP contribution in [0.5, 0.6) is 0 Å². The summed E-state index contributed by atoms with van der Waals surface area (Å²) < 4.78 is 14.7. The van der Waals surface area contributed by atoms with E-state index in [2.05, 4.69) is 16.5 Å². The van der Waals surface area contributed by atoms with Gasteiger partial charge in [0.1, 0.15) is 5.82 Å². The van der Waals surface area contributed by atoms with Crippen molar-refractivity contribution in [3.63, 3.8) is 0 Å². The van der Waals surface area contributed by atoms with E-state index in [-0.39, 0.29) is 5.82 Å². The van der Waals surface area contributed by atoms with Crippen LogP contribution in [-0.2, 0) is 0 Å². The van der Waals surface area contributed by atoms with Gasteiger partial charge >= 0.3 is 0 Å². The van der Waals surface area contributed by atoms with E-state index >= 15 is 0 Å². The molecule has 2 aromatic rings. The average Bonchev–Trinajstić information content (AvgIpc) is 2.83. The first-order valence-electron chi connectivity index (χ1n) is 6.35. The molecule has 1 aromatic heterocycles. The molecule has 0 unspecified atom stereocenters. The van der Waals surface area contributed by atoms with Crippen LogP contribution in [0.3, 0.4) is 0 Å². The van der Waals surface area contributed by atoms with Gasteiger partial charge in [-0.3, -0.25) is 0 Å². The lowest BCUT2D eigenvalue weighted by Gasteiger charge is -2.02. The number of nitrogens with one attached hydrogen (secondary N) is 1. The van der Waals surface area contributed by atoms with Crippen molar-refractivity contribution in [1.29, 1.82) is 0 Å². The van der Waals surface area contributed by atoms with Crippen LogP contribution < -0.4 is 5.32 Å². The molecule has 0 bridgehead atoms. The molecule has 4 heteroatoms. The molecule has 92 valence electrons. The highest BCUT2D eigenvalue weighted by Gasteiger charge is 2.54. The molecule has 0 radical (unpaired) electrons. The smallest absolute Gasteiger partial charge is 0.123 e. The van der Waals surface area contributed by atoms with Gasteiger partial charge in [-0.2, -0.15) is 5.10 Å². The fraction of sp³-hybridized carbons (Fsp3) is 0.357. The van der Waals surface area contributed by atoms with Crippen LogP contribution in [0.15, 0.2) is 36.5 Å². The van der Waals surface area contributed by atoms with Crippen molar-refractivity contribution in [2.45, 2.75) is 5.92 Å². The van der Waals surface area contributed by atoms with E-state index in [4.69, 9.17) is 0 Å². The van der Waals surface area contributed by atoms with Crippen molar-refractivity contribution in [1.82, 2.24) is 15.1 Å². The maximum absolute atomic E-state index is 12.9. The van der Waals surface area contributed by atoms with Gasteiger partial charge in [-0.05, 0) is 55.3 Å². The van der Waals surface area contributed by atoms with Crippen molar-refractivity contribution in [3.05, 3.63) is 48.0 Å². The van der Waals surface area contributed by atoms with Crippen LogP contribution in [0.1, 0.15) is 11.6 Å². The van der Waals surface area contributed by atoms with E-state index in [9.17, 15) is 4.39 Å². The highest BCUT2D eigenvalue weighted by molar-refractivity contribution is 5.32. The van der Waals surface area contributed by atoms with E-state index < -0.39 is 0 Å². The minimum atomic E-state index is -0.214. The molecule has 1 saturated heterocycles. The SMILES string of the molecule is Fc1ccc(-n2ccc([C@H]3[C@@H]4CNC[C@@H]43)n2)cc1. The molecule has 4 rings (SSSR count). The van der Waals surface area contributed by atoms with Crippen molar-refractivity contribution >= 4 is 0 Å². The monoisotopic (exact) mass is 243 g/mol. The van der Waals surface area contributed by atoms with E-state index in [1.165, 1.54) is 17.8 Å². The second kappa shape index (κ2) is 3.65.